The molecule has 0 spiro atoms. The number of benzene rings is 2. The van der Waals surface area contributed by atoms with Crippen molar-refractivity contribution in [2.45, 2.75) is 107 Å². The first-order valence-corrected chi connectivity index (χ1v) is 22.9. The molecular formula is C51H52N2O16. The van der Waals surface area contributed by atoms with E-state index in [1.807, 2.05) is 31.2 Å². The molecule has 4 fully saturated rings. The highest BCUT2D eigenvalue weighted by Crippen LogP contribution is 2.52. The van der Waals surface area contributed by atoms with Crippen molar-refractivity contribution in [1.82, 2.24) is 9.80 Å². The van der Waals surface area contributed by atoms with E-state index in [1.165, 1.54) is 31.0 Å². The maximum absolute atomic E-state index is 14.5. The number of aliphatic hydroxyl groups excluding tert-OH is 2. The van der Waals surface area contributed by atoms with Gasteiger partial charge < -0.3 is 53.0 Å². The zero-order chi connectivity index (χ0) is 48.9. The lowest BCUT2D eigenvalue weighted by Crippen LogP contribution is -2.64. The number of epoxide rings is 1. The van der Waals surface area contributed by atoms with E-state index in [0.29, 0.717) is 53.5 Å². The van der Waals surface area contributed by atoms with Crippen molar-refractivity contribution < 1.29 is 76.9 Å². The number of hydrogen-bond donors (Lipinski definition) is 2. The van der Waals surface area contributed by atoms with Gasteiger partial charge in [-0.3, -0.25) is 24.1 Å². The lowest BCUT2D eigenvalue weighted by molar-refractivity contribution is -0.284. The third kappa shape index (κ3) is 8.99. The number of carbonyl (C=O) groups is 6. The summed E-state index contributed by atoms with van der Waals surface area (Å²) in [6.45, 7) is 4.62. The van der Waals surface area contributed by atoms with Gasteiger partial charge >= 0.3 is 18.2 Å². The number of allylic oxidation sites excluding steroid dienone is 1. The maximum atomic E-state index is 14.5. The predicted octanol–water partition coefficient (Wildman–Crippen LogP) is 3.82. The topological polar surface area (TPSA) is 226 Å². The van der Waals surface area contributed by atoms with Gasteiger partial charge in [-0.05, 0) is 86.9 Å². The number of esters is 1. The average Bonchev–Trinajstić information content (AvgIpc) is 3.63. The number of amides is 3. The van der Waals surface area contributed by atoms with Crippen molar-refractivity contribution in [3.05, 3.63) is 76.9 Å². The van der Waals surface area contributed by atoms with Gasteiger partial charge in [0, 0.05) is 54.8 Å². The number of rotatable bonds is 13. The fourth-order valence-corrected chi connectivity index (χ4v) is 10.2. The van der Waals surface area contributed by atoms with E-state index in [0.717, 1.165) is 15.8 Å². The maximum Gasteiger partial charge on any atom is 0.508 e. The molecule has 10 atom stereocenters. The van der Waals surface area contributed by atoms with E-state index < -0.39 is 90.9 Å². The van der Waals surface area contributed by atoms with E-state index in [1.54, 1.807) is 32.3 Å². The smallest absolute Gasteiger partial charge is 0.497 e. The van der Waals surface area contributed by atoms with Gasteiger partial charge in [0.25, 0.3) is 11.8 Å². The summed E-state index contributed by atoms with van der Waals surface area (Å²) < 4.78 is 45.8. The van der Waals surface area contributed by atoms with Crippen molar-refractivity contribution in [2.75, 3.05) is 34.1 Å². The molecule has 3 amide bonds. The molecule has 2 aromatic carbocycles. The monoisotopic (exact) mass is 948 g/mol. The summed E-state index contributed by atoms with van der Waals surface area (Å²) in [5.41, 5.74) is -0.197. The molecule has 0 radical (unpaired) electrons. The molecule has 1 saturated carbocycles. The van der Waals surface area contributed by atoms with Crippen molar-refractivity contribution >= 4 is 46.6 Å². The van der Waals surface area contributed by atoms with Crippen LogP contribution < -0.4 is 4.74 Å². The number of fused-ring (bicyclic) bond motifs is 3. The second kappa shape index (κ2) is 18.8. The third-order valence-electron chi connectivity index (χ3n) is 14.2. The second-order valence-electron chi connectivity index (χ2n) is 18.6. The van der Waals surface area contributed by atoms with Crippen LogP contribution in [0.25, 0.3) is 10.8 Å². The summed E-state index contributed by atoms with van der Waals surface area (Å²) in [7, 11) is 2.86. The third-order valence-corrected chi connectivity index (χ3v) is 14.2. The molecule has 1 unspecified atom stereocenters. The minimum absolute atomic E-state index is 0.0379. The van der Waals surface area contributed by atoms with E-state index in [2.05, 4.69) is 23.7 Å². The Labute approximate surface area is 397 Å². The lowest BCUT2D eigenvalue weighted by atomic mass is 9.82. The largest absolute Gasteiger partial charge is 0.508 e. The molecule has 18 nitrogen and oxygen atoms in total. The van der Waals surface area contributed by atoms with Crippen LogP contribution in [0.15, 0.2) is 65.8 Å². The normalized spacial score (nSPS) is 33.1. The second-order valence-corrected chi connectivity index (χ2v) is 18.6. The number of cyclic esters (lactones) is 2. The zero-order valence-corrected chi connectivity index (χ0v) is 38.6. The molecule has 4 aliphatic heterocycles. The van der Waals surface area contributed by atoms with Gasteiger partial charge in [0.1, 0.15) is 30.6 Å². The van der Waals surface area contributed by atoms with Gasteiger partial charge in [-0.15, -0.1) is 0 Å². The molecule has 0 bridgehead atoms. The molecule has 7 aliphatic rings. The van der Waals surface area contributed by atoms with Crippen LogP contribution in [0.3, 0.4) is 0 Å². The average molecular weight is 949 g/mol. The Bertz CT molecular complexity index is 2700. The standard InChI is InChI=1S/C51H52N2O16/c1-27-20-33(62-5)23-37-34(27)8-6-9-36(37)38(54)22-32-21-31-17-19-51(39-25-63-49(61)67-39)50(3,69-51)18-7-10-35(31)45(32)68-47-42(44(58)43(57)28(2)66-47)52(4)48(60)65-26-64-46(59)30-13-11-29(12-14-30)24-53-40(55)15-16-41(53)56/h6,8-10,15-16,20-21,23,28-30,32,39,42-45,47,57-58H,11-14,22,24-26H2,1-5H3/t28-,29?,30?,32+,39?,42-,43+,44-,45+,47-,50-,51-/m1/s1. The van der Waals surface area contributed by atoms with E-state index in [4.69, 9.17) is 37.9 Å². The molecule has 362 valence electrons. The summed E-state index contributed by atoms with van der Waals surface area (Å²) in [6, 6.07) is 7.77. The van der Waals surface area contributed by atoms with Crippen molar-refractivity contribution in [3.8, 4) is 29.4 Å². The van der Waals surface area contributed by atoms with Gasteiger partial charge in [-0.25, -0.2) is 9.59 Å². The molecule has 9 rings (SSSR count). The Balaban J connectivity index is 0.938. The Kier molecular flexibility index (Phi) is 12.9. The number of hydrogen-bond acceptors (Lipinski definition) is 16. The molecule has 4 heterocycles. The molecule has 3 saturated heterocycles. The number of ketones is 1. The SMILES string of the molecule is COc1cc(C)c2cccc(C(=O)C[C@@H]3C=C4C#C[C@]5(C6COC(=O)O6)O[C@]5(C)C#CC=C4[C@H]3O[C@H]3O[C@H](C)[C@H](O)[C@H](O)[C@H]3N(C)C(=O)OCOC(=O)C3CCC(CN4C(=O)C=CC4=O)CC3)c2c1. The van der Waals surface area contributed by atoms with Crippen LogP contribution in [-0.2, 0) is 47.5 Å². The summed E-state index contributed by atoms with van der Waals surface area (Å²) in [5.74, 6) is 10.4. The van der Waals surface area contributed by atoms with Gasteiger partial charge in [0.05, 0.1) is 25.2 Å². The molecule has 3 aliphatic carbocycles. The quantitative estimate of drug-likeness (QED) is 0.0727. The van der Waals surface area contributed by atoms with Gasteiger partial charge in [0.15, 0.2) is 23.8 Å². The fraction of sp³-hybridized carbons (Fsp3) is 0.490. The van der Waals surface area contributed by atoms with Gasteiger partial charge in [-0.2, -0.15) is 0 Å². The van der Waals surface area contributed by atoms with Crippen LogP contribution in [0, 0.1) is 48.4 Å². The van der Waals surface area contributed by atoms with E-state index >= 15 is 0 Å². The number of likely N-dealkylation sites (N-methyl/N-ethyl adjacent to an activating group) is 1. The molecule has 69 heavy (non-hydrogen) atoms. The first-order chi connectivity index (χ1) is 33.0. The van der Waals surface area contributed by atoms with E-state index in [-0.39, 0.29) is 43.1 Å². The van der Waals surface area contributed by atoms with E-state index in [9.17, 15) is 39.0 Å². The summed E-state index contributed by atoms with van der Waals surface area (Å²) in [4.78, 5) is 79.5. The Hall–Kier alpha value is -6.54. The summed E-state index contributed by atoms with van der Waals surface area (Å²) in [6.07, 6.45) is -1.49. The number of nitrogens with zero attached hydrogens (tertiary/aromatic N) is 2. The number of Topliss-reactive ketones (excluding diaryl/α,β-unsaturated/α-hetero) is 1. The fourth-order valence-electron chi connectivity index (χ4n) is 10.2. The minimum atomic E-state index is -1.63. The van der Waals surface area contributed by atoms with Crippen LogP contribution in [0.1, 0.15) is 61.9 Å². The minimum Gasteiger partial charge on any atom is -0.497 e. The Morgan fingerprint density at radius 3 is 2.45 bits per heavy atom. The highest BCUT2D eigenvalue weighted by molar-refractivity contribution is 6.13. The number of carbonyl (C=O) groups excluding carboxylic acids is 6. The van der Waals surface area contributed by atoms with Gasteiger partial charge in [0.2, 0.25) is 12.4 Å². The first kappa shape index (κ1) is 47.5. The van der Waals surface area contributed by atoms with Crippen LogP contribution in [-0.4, -0.2) is 144 Å². The number of imide groups is 1. The van der Waals surface area contributed by atoms with Crippen molar-refractivity contribution in [1.29, 1.82) is 0 Å². The highest BCUT2D eigenvalue weighted by atomic mass is 16.8. The van der Waals surface area contributed by atoms with Crippen LogP contribution in [0.5, 0.6) is 5.75 Å². The molecule has 0 aromatic heterocycles. The molecular weight excluding hydrogens is 897 g/mol. The molecule has 2 aromatic rings. The molecule has 18 heteroatoms. The van der Waals surface area contributed by atoms with Crippen LogP contribution in [0.4, 0.5) is 9.59 Å². The zero-order valence-electron chi connectivity index (χ0n) is 38.6. The van der Waals surface area contributed by atoms with Crippen molar-refractivity contribution in [2.24, 2.45) is 17.8 Å². The van der Waals surface area contributed by atoms with Crippen LogP contribution in [0.2, 0.25) is 0 Å². The Morgan fingerprint density at radius 1 is 0.986 bits per heavy atom. The number of aryl methyl sites for hydroxylation is 1. The summed E-state index contributed by atoms with van der Waals surface area (Å²) in [5, 5.41) is 24.2. The lowest BCUT2D eigenvalue weighted by Gasteiger charge is -2.45. The highest BCUT2D eigenvalue weighted by Gasteiger charge is 2.73. The first-order valence-electron chi connectivity index (χ1n) is 22.9. The predicted molar refractivity (Wildman–Crippen MR) is 239 cm³/mol. The number of methoxy groups -OCH3 is 1. The number of aliphatic hydroxyl groups is 2. The molecule has 2 N–H and O–H groups in total. The number of ether oxygens (including phenoxy) is 8. The van der Waals surface area contributed by atoms with Crippen molar-refractivity contribution in [3.63, 3.8) is 0 Å². The summed E-state index contributed by atoms with van der Waals surface area (Å²) >= 11 is 0. The van der Waals surface area contributed by atoms with Crippen LogP contribution >= 0.6 is 0 Å². The van der Waals surface area contributed by atoms with Gasteiger partial charge in [-0.1, -0.05) is 48.0 Å². The Morgan fingerprint density at radius 2 is 1.74 bits per heavy atom.